The van der Waals surface area contributed by atoms with Crippen LogP contribution in [-0.4, -0.2) is 38.4 Å². The molecule has 0 amide bonds. The molecule has 0 heterocycles. The van der Waals surface area contributed by atoms with E-state index in [9.17, 15) is 9.13 Å². The monoisotopic (exact) mass is 317 g/mol. The third-order valence-corrected chi connectivity index (χ3v) is 8.23. The molecule has 0 aromatic carbocycles. The van der Waals surface area contributed by atoms with Crippen LogP contribution in [0.3, 0.4) is 0 Å². The van der Waals surface area contributed by atoms with Crippen LogP contribution in [0.5, 0.6) is 0 Å². The molecule has 0 unspecified atom stereocenters. The molecule has 116 valence electrons. The molecule has 2 N–H and O–H groups in total. The molecular formula is C10H25NO6P2. The fourth-order valence-electron chi connectivity index (χ4n) is 1.57. The minimum absolute atomic E-state index is 0.159. The van der Waals surface area contributed by atoms with E-state index in [1.54, 1.807) is 27.7 Å². The first kappa shape index (κ1) is 19.3. The van der Waals surface area contributed by atoms with Crippen molar-refractivity contribution in [3.8, 4) is 0 Å². The molecule has 0 aliphatic carbocycles. The van der Waals surface area contributed by atoms with Crippen molar-refractivity contribution in [2.45, 2.75) is 33.1 Å². The van der Waals surface area contributed by atoms with Crippen LogP contribution in [0.25, 0.3) is 0 Å². The average molecular weight is 317 g/mol. The first-order valence-corrected chi connectivity index (χ1v) is 9.64. The molecule has 0 aromatic heterocycles. The van der Waals surface area contributed by atoms with Gasteiger partial charge in [0, 0.05) is 6.54 Å². The van der Waals surface area contributed by atoms with Crippen molar-refractivity contribution < 1.29 is 27.2 Å². The molecule has 9 heteroatoms. The summed E-state index contributed by atoms with van der Waals surface area (Å²) in [4.78, 5) is 0. The molecule has 0 spiro atoms. The molecule has 0 rings (SSSR count). The molecule has 19 heavy (non-hydrogen) atoms. The number of rotatable bonds is 11. The highest BCUT2D eigenvalue weighted by Crippen LogP contribution is 2.69. The summed E-state index contributed by atoms with van der Waals surface area (Å²) >= 11 is 0. The zero-order valence-corrected chi connectivity index (χ0v) is 13.8. The van der Waals surface area contributed by atoms with Crippen LogP contribution in [0.4, 0.5) is 0 Å². The summed E-state index contributed by atoms with van der Waals surface area (Å²) in [5.41, 5.74) is 5.60. The van der Waals surface area contributed by atoms with E-state index in [1.807, 2.05) is 0 Å². The molecule has 0 aromatic rings. The van der Waals surface area contributed by atoms with Gasteiger partial charge in [-0.3, -0.25) is 9.13 Å². The molecule has 0 saturated heterocycles. The molecule has 7 nitrogen and oxygen atoms in total. The van der Waals surface area contributed by atoms with Gasteiger partial charge in [-0.1, -0.05) is 0 Å². The van der Waals surface area contributed by atoms with Gasteiger partial charge < -0.3 is 23.8 Å². The van der Waals surface area contributed by atoms with Gasteiger partial charge in [0.05, 0.1) is 26.4 Å². The third-order valence-electron chi connectivity index (χ3n) is 2.18. The molecule has 0 bridgehead atoms. The van der Waals surface area contributed by atoms with Gasteiger partial charge in [0.2, 0.25) is 0 Å². The summed E-state index contributed by atoms with van der Waals surface area (Å²) in [6.45, 7) is 7.15. The van der Waals surface area contributed by atoms with Gasteiger partial charge in [-0.2, -0.15) is 0 Å². The van der Waals surface area contributed by atoms with E-state index >= 15 is 0 Å². The maximum Gasteiger partial charge on any atom is 0.347 e. The van der Waals surface area contributed by atoms with Crippen molar-refractivity contribution in [3.63, 3.8) is 0 Å². The topological polar surface area (TPSA) is 97.1 Å². The molecule has 0 fully saturated rings. The van der Waals surface area contributed by atoms with E-state index in [0.717, 1.165) is 0 Å². The van der Waals surface area contributed by atoms with E-state index in [-0.39, 0.29) is 33.0 Å². The van der Waals surface area contributed by atoms with Crippen LogP contribution in [-0.2, 0) is 27.2 Å². The Balaban J connectivity index is 5.41. The van der Waals surface area contributed by atoms with Gasteiger partial charge >= 0.3 is 15.2 Å². The third kappa shape index (κ3) is 5.27. The SMILES string of the molecule is CCOP(=O)(OCC)C(CN)P(=O)(OCC)OCC. The van der Waals surface area contributed by atoms with Crippen molar-refractivity contribution >= 4 is 15.2 Å². The molecule has 0 aliphatic rings. The van der Waals surface area contributed by atoms with E-state index in [4.69, 9.17) is 23.8 Å². The first-order chi connectivity index (χ1) is 8.94. The van der Waals surface area contributed by atoms with Crippen molar-refractivity contribution in [1.29, 1.82) is 0 Å². The Hall–Kier alpha value is 0.260. The van der Waals surface area contributed by atoms with Crippen LogP contribution in [0.15, 0.2) is 0 Å². The van der Waals surface area contributed by atoms with Crippen LogP contribution in [0.1, 0.15) is 27.7 Å². The number of hydrogen-bond donors (Lipinski definition) is 1. The number of hydrogen-bond acceptors (Lipinski definition) is 7. The smallest absolute Gasteiger partial charge is 0.329 e. The first-order valence-electron chi connectivity index (χ1n) is 6.41. The predicted molar refractivity (Wildman–Crippen MR) is 74.6 cm³/mol. The standard InChI is InChI=1S/C10H25NO6P2/c1-5-14-18(12,15-6-2)10(9-11)19(13,16-7-3)17-8-4/h10H,5-9,11H2,1-4H3. The lowest BCUT2D eigenvalue weighted by molar-refractivity contribution is 0.196. The van der Waals surface area contributed by atoms with E-state index in [2.05, 4.69) is 0 Å². The van der Waals surface area contributed by atoms with Crippen molar-refractivity contribution in [2.75, 3.05) is 33.0 Å². The Kier molecular flexibility index (Phi) is 9.37. The zero-order chi connectivity index (χ0) is 14.9. The highest BCUT2D eigenvalue weighted by molar-refractivity contribution is 7.72. The highest BCUT2D eigenvalue weighted by Gasteiger charge is 2.49. The Bertz CT molecular complexity index is 288. The summed E-state index contributed by atoms with van der Waals surface area (Å²) in [5.74, 6) is 0. The van der Waals surface area contributed by atoms with Crippen LogP contribution in [0.2, 0.25) is 0 Å². The van der Waals surface area contributed by atoms with Crippen LogP contribution in [0, 0.1) is 0 Å². The zero-order valence-electron chi connectivity index (χ0n) is 12.0. The maximum absolute atomic E-state index is 12.7. The summed E-state index contributed by atoms with van der Waals surface area (Å²) in [6.07, 6.45) is 0. The lowest BCUT2D eigenvalue weighted by Crippen LogP contribution is -2.25. The minimum atomic E-state index is -3.65. The Morgan fingerprint density at radius 3 is 1.21 bits per heavy atom. The van der Waals surface area contributed by atoms with Gasteiger partial charge in [0.1, 0.15) is 0 Å². The lowest BCUT2D eigenvalue weighted by Gasteiger charge is -2.30. The molecule has 0 aliphatic heterocycles. The average Bonchev–Trinajstić information content (AvgIpc) is 2.30. The van der Waals surface area contributed by atoms with E-state index < -0.39 is 20.6 Å². The molecule has 0 saturated carbocycles. The maximum atomic E-state index is 12.7. The molecular weight excluding hydrogens is 292 g/mol. The fraction of sp³-hybridized carbons (Fsp3) is 1.00. The summed E-state index contributed by atoms with van der Waals surface area (Å²) < 4.78 is 46.1. The fourth-order valence-corrected chi connectivity index (χ4v) is 6.55. The van der Waals surface area contributed by atoms with E-state index in [0.29, 0.717) is 0 Å². The second-order valence-electron chi connectivity index (χ2n) is 3.47. The lowest BCUT2D eigenvalue weighted by atomic mass is 10.8. The predicted octanol–water partition coefficient (Wildman–Crippen LogP) is 2.80. The van der Waals surface area contributed by atoms with Crippen molar-refractivity contribution in [2.24, 2.45) is 5.73 Å². The molecule has 0 radical (unpaired) electrons. The van der Waals surface area contributed by atoms with Gasteiger partial charge in [0.15, 0.2) is 5.40 Å². The highest BCUT2D eigenvalue weighted by atomic mass is 31.2. The Labute approximate surface area is 115 Å². The summed E-state index contributed by atoms with van der Waals surface area (Å²) in [7, 11) is -7.30. The quantitative estimate of drug-likeness (QED) is 0.585. The minimum Gasteiger partial charge on any atom is -0.329 e. The largest absolute Gasteiger partial charge is 0.347 e. The molecule has 0 atom stereocenters. The second kappa shape index (κ2) is 9.24. The Morgan fingerprint density at radius 1 is 0.789 bits per heavy atom. The van der Waals surface area contributed by atoms with Gasteiger partial charge in [0.25, 0.3) is 0 Å². The Morgan fingerprint density at radius 2 is 1.05 bits per heavy atom. The van der Waals surface area contributed by atoms with Crippen molar-refractivity contribution in [3.05, 3.63) is 0 Å². The van der Waals surface area contributed by atoms with E-state index in [1.165, 1.54) is 0 Å². The summed E-state index contributed by atoms with van der Waals surface area (Å²) in [6, 6.07) is 0. The summed E-state index contributed by atoms with van der Waals surface area (Å²) in [5, 5.41) is -1.11. The number of nitrogens with two attached hydrogens (primary N) is 1. The van der Waals surface area contributed by atoms with Crippen LogP contribution >= 0.6 is 15.2 Å². The normalized spacial score (nSPS) is 13.2. The second-order valence-corrected chi connectivity index (χ2v) is 8.31. The van der Waals surface area contributed by atoms with Gasteiger partial charge in [-0.25, -0.2) is 0 Å². The van der Waals surface area contributed by atoms with Crippen LogP contribution < -0.4 is 5.73 Å². The van der Waals surface area contributed by atoms with Gasteiger partial charge in [-0.05, 0) is 27.7 Å². The van der Waals surface area contributed by atoms with Crippen molar-refractivity contribution in [1.82, 2.24) is 0 Å². The van der Waals surface area contributed by atoms with Gasteiger partial charge in [-0.15, -0.1) is 0 Å².